The van der Waals surface area contributed by atoms with Crippen LogP contribution in [0.3, 0.4) is 0 Å². The minimum Gasteiger partial charge on any atom is -0.480 e. The fraction of sp³-hybridized carbons (Fsp3) is 0.929. The topological polar surface area (TPSA) is 49.3 Å². The van der Waals surface area contributed by atoms with E-state index < -0.39 is 12.0 Å². The molecule has 0 heterocycles. The number of hydrogen-bond acceptors (Lipinski definition) is 2. The second kappa shape index (κ2) is 5.38. The van der Waals surface area contributed by atoms with E-state index in [1.54, 1.807) is 0 Å². The van der Waals surface area contributed by atoms with Crippen molar-refractivity contribution < 1.29 is 9.90 Å². The summed E-state index contributed by atoms with van der Waals surface area (Å²) in [6.45, 7) is 10.7. The lowest BCUT2D eigenvalue weighted by Crippen LogP contribution is -2.50. The van der Waals surface area contributed by atoms with Gasteiger partial charge in [0.25, 0.3) is 0 Å². The maximum Gasteiger partial charge on any atom is 0.320 e. The van der Waals surface area contributed by atoms with Gasteiger partial charge in [0.05, 0.1) is 0 Å². The summed E-state index contributed by atoms with van der Waals surface area (Å²) in [5.41, 5.74) is 0.329. The van der Waals surface area contributed by atoms with Crippen molar-refractivity contribution in [2.75, 3.05) is 0 Å². The van der Waals surface area contributed by atoms with Crippen LogP contribution in [0.4, 0.5) is 0 Å². The molecule has 0 spiro atoms. The molecule has 1 aliphatic carbocycles. The highest BCUT2D eigenvalue weighted by molar-refractivity contribution is 5.73. The van der Waals surface area contributed by atoms with Crippen molar-refractivity contribution in [3.05, 3.63) is 0 Å². The largest absolute Gasteiger partial charge is 0.480 e. The van der Waals surface area contributed by atoms with Crippen LogP contribution >= 0.6 is 0 Å². The van der Waals surface area contributed by atoms with Gasteiger partial charge in [-0.15, -0.1) is 0 Å². The van der Waals surface area contributed by atoms with E-state index in [9.17, 15) is 9.90 Å². The standard InChI is InChI=1S/C14H27NO2/c1-9(2)12(13(16)17)15-11-6-10(3)7-14(4,5)8-11/h9-12,15H,6-8H2,1-5H3,(H,16,17). The second-order valence-electron chi connectivity index (χ2n) is 6.84. The zero-order valence-corrected chi connectivity index (χ0v) is 11.8. The van der Waals surface area contributed by atoms with E-state index in [1.807, 2.05) is 13.8 Å². The van der Waals surface area contributed by atoms with Crippen LogP contribution in [0.5, 0.6) is 0 Å². The molecule has 0 aromatic rings. The molecule has 1 fully saturated rings. The third-order valence-corrected chi connectivity index (χ3v) is 3.73. The van der Waals surface area contributed by atoms with Crippen molar-refractivity contribution in [1.29, 1.82) is 0 Å². The van der Waals surface area contributed by atoms with Gasteiger partial charge in [0.1, 0.15) is 6.04 Å². The third kappa shape index (κ3) is 4.30. The Kier molecular flexibility index (Phi) is 4.59. The van der Waals surface area contributed by atoms with Crippen LogP contribution in [0.25, 0.3) is 0 Å². The van der Waals surface area contributed by atoms with Crippen molar-refractivity contribution >= 4 is 5.97 Å². The molecule has 100 valence electrons. The Morgan fingerprint density at radius 2 is 1.94 bits per heavy atom. The zero-order chi connectivity index (χ0) is 13.2. The van der Waals surface area contributed by atoms with E-state index in [0.29, 0.717) is 17.4 Å². The Hall–Kier alpha value is -0.570. The Balaban J connectivity index is 2.63. The van der Waals surface area contributed by atoms with E-state index >= 15 is 0 Å². The molecule has 0 saturated heterocycles. The van der Waals surface area contributed by atoms with Gasteiger partial charge < -0.3 is 10.4 Å². The average Bonchev–Trinajstić information content (AvgIpc) is 2.09. The number of rotatable bonds is 4. The number of nitrogens with one attached hydrogen (secondary N) is 1. The fourth-order valence-corrected chi connectivity index (χ4v) is 3.28. The lowest BCUT2D eigenvalue weighted by atomic mass is 9.70. The highest BCUT2D eigenvalue weighted by atomic mass is 16.4. The van der Waals surface area contributed by atoms with Crippen LogP contribution in [0.15, 0.2) is 0 Å². The van der Waals surface area contributed by atoms with Crippen LogP contribution in [0, 0.1) is 17.3 Å². The first-order valence-electron chi connectivity index (χ1n) is 6.70. The Morgan fingerprint density at radius 3 is 2.35 bits per heavy atom. The van der Waals surface area contributed by atoms with Crippen molar-refractivity contribution in [1.82, 2.24) is 5.32 Å². The maximum absolute atomic E-state index is 11.2. The predicted octanol–water partition coefficient (Wildman–Crippen LogP) is 2.90. The lowest BCUT2D eigenvalue weighted by molar-refractivity contribution is -0.141. The molecule has 3 heteroatoms. The van der Waals surface area contributed by atoms with Gasteiger partial charge in [0.15, 0.2) is 0 Å². The van der Waals surface area contributed by atoms with Crippen LogP contribution < -0.4 is 5.32 Å². The number of carbonyl (C=O) groups is 1. The van der Waals surface area contributed by atoms with Gasteiger partial charge >= 0.3 is 5.97 Å². The molecule has 1 rings (SSSR count). The number of hydrogen-bond donors (Lipinski definition) is 2. The van der Waals surface area contributed by atoms with E-state index in [1.165, 1.54) is 6.42 Å². The van der Waals surface area contributed by atoms with Gasteiger partial charge in [0.2, 0.25) is 0 Å². The van der Waals surface area contributed by atoms with Gasteiger partial charge in [-0.2, -0.15) is 0 Å². The van der Waals surface area contributed by atoms with Crippen molar-refractivity contribution in [3.63, 3.8) is 0 Å². The number of carboxylic acids is 1. The van der Waals surface area contributed by atoms with Gasteiger partial charge in [-0.3, -0.25) is 4.79 Å². The van der Waals surface area contributed by atoms with E-state index in [2.05, 4.69) is 26.1 Å². The van der Waals surface area contributed by atoms with Crippen LogP contribution in [0.2, 0.25) is 0 Å². The maximum atomic E-state index is 11.2. The molecule has 3 nitrogen and oxygen atoms in total. The summed E-state index contributed by atoms with van der Waals surface area (Å²) in [5.74, 6) is 0.0849. The molecular formula is C14H27NO2. The third-order valence-electron chi connectivity index (χ3n) is 3.73. The summed E-state index contributed by atoms with van der Waals surface area (Å²) in [6, 6.07) is -0.0710. The summed E-state index contributed by atoms with van der Waals surface area (Å²) in [4.78, 5) is 11.2. The summed E-state index contributed by atoms with van der Waals surface area (Å²) in [5, 5.41) is 12.5. The minimum atomic E-state index is -0.726. The molecule has 17 heavy (non-hydrogen) atoms. The summed E-state index contributed by atoms with van der Waals surface area (Å²) < 4.78 is 0. The number of carboxylic acid groups (broad SMARTS) is 1. The molecule has 0 amide bonds. The van der Waals surface area contributed by atoms with Crippen LogP contribution in [0.1, 0.15) is 53.9 Å². The molecule has 0 aliphatic heterocycles. The predicted molar refractivity (Wildman–Crippen MR) is 70.0 cm³/mol. The molecule has 0 aromatic carbocycles. The lowest BCUT2D eigenvalue weighted by Gasteiger charge is -2.40. The Bertz CT molecular complexity index is 273. The Labute approximate surface area is 105 Å². The summed E-state index contributed by atoms with van der Waals surface area (Å²) in [6.07, 6.45) is 3.42. The Morgan fingerprint density at radius 1 is 1.35 bits per heavy atom. The van der Waals surface area contributed by atoms with Gasteiger partial charge in [-0.1, -0.05) is 34.6 Å². The van der Waals surface area contributed by atoms with Crippen LogP contribution in [-0.4, -0.2) is 23.2 Å². The molecule has 0 aromatic heterocycles. The molecule has 3 unspecified atom stereocenters. The normalized spacial score (nSPS) is 30.2. The molecular weight excluding hydrogens is 214 g/mol. The van der Waals surface area contributed by atoms with Crippen molar-refractivity contribution in [2.45, 2.75) is 66.0 Å². The molecule has 2 N–H and O–H groups in total. The van der Waals surface area contributed by atoms with Crippen molar-refractivity contribution in [2.24, 2.45) is 17.3 Å². The molecule has 1 saturated carbocycles. The fourth-order valence-electron chi connectivity index (χ4n) is 3.28. The minimum absolute atomic E-state index is 0.132. The van der Waals surface area contributed by atoms with E-state index in [0.717, 1.165) is 12.8 Å². The molecule has 3 atom stereocenters. The first-order valence-corrected chi connectivity index (χ1v) is 6.70. The second-order valence-corrected chi connectivity index (χ2v) is 6.84. The van der Waals surface area contributed by atoms with Gasteiger partial charge in [-0.25, -0.2) is 0 Å². The number of aliphatic carboxylic acids is 1. The quantitative estimate of drug-likeness (QED) is 0.795. The first-order chi connectivity index (χ1) is 7.71. The van der Waals surface area contributed by atoms with Gasteiger partial charge in [0, 0.05) is 6.04 Å². The zero-order valence-electron chi connectivity index (χ0n) is 11.8. The van der Waals surface area contributed by atoms with Crippen molar-refractivity contribution in [3.8, 4) is 0 Å². The first kappa shape index (κ1) is 14.5. The van der Waals surface area contributed by atoms with E-state index in [-0.39, 0.29) is 5.92 Å². The summed E-state index contributed by atoms with van der Waals surface area (Å²) >= 11 is 0. The summed E-state index contributed by atoms with van der Waals surface area (Å²) in [7, 11) is 0. The van der Waals surface area contributed by atoms with E-state index in [4.69, 9.17) is 0 Å². The van der Waals surface area contributed by atoms with Gasteiger partial charge in [-0.05, 0) is 36.5 Å². The molecule has 1 aliphatic rings. The highest BCUT2D eigenvalue weighted by Gasteiger charge is 2.34. The molecule has 0 radical (unpaired) electrons. The monoisotopic (exact) mass is 241 g/mol. The van der Waals surface area contributed by atoms with Crippen LogP contribution in [-0.2, 0) is 4.79 Å². The molecule has 0 bridgehead atoms. The average molecular weight is 241 g/mol. The smallest absolute Gasteiger partial charge is 0.320 e. The SMILES string of the molecule is CC1CC(NC(C(=O)O)C(C)C)CC(C)(C)C1. The highest BCUT2D eigenvalue weighted by Crippen LogP contribution is 2.38.